The molecule has 0 spiro atoms. The lowest BCUT2D eigenvalue weighted by atomic mass is 10.2. The highest BCUT2D eigenvalue weighted by atomic mass is 35.5. The number of amides is 1. The second-order valence-electron chi connectivity index (χ2n) is 5.53. The van der Waals surface area contributed by atoms with Crippen molar-refractivity contribution in [2.75, 3.05) is 5.88 Å². The van der Waals surface area contributed by atoms with Crippen LogP contribution in [0.5, 0.6) is 0 Å². The molecule has 0 aliphatic heterocycles. The molecule has 2 rings (SSSR count). The molecule has 0 atom stereocenters. The zero-order valence-corrected chi connectivity index (χ0v) is 13.6. The first-order chi connectivity index (χ1) is 10.0. The van der Waals surface area contributed by atoms with E-state index in [-0.39, 0.29) is 11.9 Å². The summed E-state index contributed by atoms with van der Waals surface area (Å²) in [5.74, 6) is 1.54. The first-order valence-corrected chi connectivity index (χ1v) is 7.86. The number of fused-ring (bicyclic) bond motifs is 1. The van der Waals surface area contributed by atoms with Gasteiger partial charge in [-0.1, -0.05) is 12.1 Å². The molecule has 0 saturated carbocycles. The van der Waals surface area contributed by atoms with Gasteiger partial charge in [-0.15, -0.1) is 11.6 Å². The molecular weight excluding hydrogens is 286 g/mol. The normalized spacial score (nSPS) is 11.3. The summed E-state index contributed by atoms with van der Waals surface area (Å²) in [4.78, 5) is 16.5. The van der Waals surface area contributed by atoms with Crippen LogP contribution in [0.25, 0.3) is 11.0 Å². The summed E-state index contributed by atoms with van der Waals surface area (Å²) in [6.45, 7) is 6.61. The van der Waals surface area contributed by atoms with Gasteiger partial charge in [-0.2, -0.15) is 0 Å². The van der Waals surface area contributed by atoms with Crippen LogP contribution in [0.15, 0.2) is 18.2 Å². The van der Waals surface area contributed by atoms with Crippen LogP contribution >= 0.6 is 11.6 Å². The Hall–Kier alpha value is -1.55. The van der Waals surface area contributed by atoms with Crippen molar-refractivity contribution in [3.05, 3.63) is 29.6 Å². The van der Waals surface area contributed by atoms with Crippen molar-refractivity contribution >= 4 is 28.5 Å². The molecular formula is C16H22ClN3O. The number of alkyl halides is 1. The maximum absolute atomic E-state index is 11.8. The highest BCUT2D eigenvalue weighted by Gasteiger charge is 2.13. The van der Waals surface area contributed by atoms with Crippen molar-refractivity contribution in [3.63, 3.8) is 0 Å². The number of hydrogen-bond acceptors (Lipinski definition) is 2. The maximum atomic E-state index is 11.8. The average Bonchev–Trinajstić information content (AvgIpc) is 2.75. The van der Waals surface area contributed by atoms with E-state index in [9.17, 15) is 4.79 Å². The van der Waals surface area contributed by atoms with E-state index in [1.54, 1.807) is 0 Å². The number of nitrogens with one attached hydrogen (secondary N) is 1. The van der Waals surface area contributed by atoms with Gasteiger partial charge in [0, 0.05) is 31.3 Å². The summed E-state index contributed by atoms with van der Waals surface area (Å²) in [6.07, 6.45) is 1.16. The van der Waals surface area contributed by atoms with Crippen LogP contribution in [0.1, 0.15) is 31.7 Å². The van der Waals surface area contributed by atoms with Gasteiger partial charge in [0.1, 0.15) is 5.82 Å². The molecule has 0 bridgehead atoms. The Kier molecular flexibility index (Phi) is 5.23. The number of aryl methyl sites for hydroxylation is 3. The molecule has 114 valence electrons. The third kappa shape index (κ3) is 3.76. The minimum absolute atomic E-state index is 0.0660. The summed E-state index contributed by atoms with van der Waals surface area (Å²) in [5.41, 5.74) is 3.23. The number of para-hydroxylation sites is 1. The summed E-state index contributed by atoms with van der Waals surface area (Å²) >= 11 is 5.87. The van der Waals surface area contributed by atoms with E-state index < -0.39 is 0 Å². The first kappa shape index (κ1) is 15.8. The zero-order chi connectivity index (χ0) is 15.4. The molecule has 0 aliphatic carbocycles. The van der Waals surface area contributed by atoms with Gasteiger partial charge in [0.15, 0.2) is 0 Å². The lowest BCUT2D eigenvalue weighted by Crippen LogP contribution is -2.30. The number of halogens is 1. The molecule has 0 aliphatic rings. The van der Waals surface area contributed by atoms with Crippen molar-refractivity contribution in [2.45, 2.75) is 46.2 Å². The molecule has 0 radical (unpaired) electrons. The molecule has 1 amide bonds. The van der Waals surface area contributed by atoms with Gasteiger partial charge in [0.2, 0.25) is 5.91 Å². The summed E-state index contributed by atoms with van der Waals surface area (Å²) in [5, 5.41) is 2.92. The third-order valence-electron chi connectivity index (χ3n) is 3.39. The minimum atomic E-state index is 0.0660. The van der Waals surface area contributed by atoms with Crippen LogP contribution in [-0.4, -0.2) is 27.4 Å². The van der Waals surface area contributed by atoms with Gasteiger partial charge >= 0.3 is 0 Å². The Morgan fingerprint density at radius 1 is 1.43 bits per heavy atom. The van der Waals surface area contributed by atoms with Crippen LogP contribution in [0.2, 0.25) is 0 Å². The van der Waals surface area contributed by atoms with Crippen molar-refractivity contribution in [2.24, 2.45) is 0 Å². The van der Waals surface area contributed by atoms with Crippen LogP contribution in [-0.2, 0) is 17.8 Å². The Morgan fingerprint density at radius 2 is 2.19 bits per heavy atom. The highest BCUT2D eigenvalue weighted by molar-refractivity contribution is 6.17. The fraction of sp³-hybridized carbons (Fsp3) is 0.500. The zero-order valence-electron chi connectivity index (χ0n) is 12.8. The van der Waals surface area contributed by atoms with E-state index in [4.69, 9.17) is 11.6 Å². The van der Waals surface area contributed by atoms with E-state index in [1.807, 2.05) is 26.0 Å². The van der Waals surface area contributed by atoms with Crippen molar-refractivity contribution < 1.29 is 4.79 Å². The monoisotopic (exact) mass is 307 g/mol. The lowest BCUT2D eigenvalue weighted by Gasteiger charge is -2.11. The summed E-state index contributed by atoms with van der Waals surface area (Å²) < 4.78 is 2.12. The highest BCUT2D eigenvalue weighted by Crippen LogP contribution is 2.20. The van der Waals surface area contributed by atoms with Crippen molar-refractivity contribution in [3.8, 4) is 0 Å². The predicted molar refractivity (Wildman–Crippen MR) is 86.8 cm³/mol. The molecule has 5 heteroatoms. The van der Waals surface area contributed by atoms with Crippen LogP contribution < -0.4 is 5.32 Å². The molecule has 1 aromatic heterocycles. The predicted octanol–water partition coefficient (Wildman–Crippen LogP) is 3.04. The summed E-state index contributed by atoms with van der Waals surface area (Å²) in [7, 11) is 0. The Balaban J connectivity index is 2.26. The minimum Gasteiger partial charge on any atom is -0.354 e. The number of rotatable bonds is 6. The van der Waals surface area contributed by atoms with Gasteiger partial charge in [-0.25, -0.2) is 4.98 Å². The van der Waals surface area contributed by atoms with Gasteiger partial charge in [0.25, 0.3) is 0 Å². The number of carbonyl (C=O) groups excluding carboxylic acids is 1. The standard InChI is InChI=1S/C16H22ClN3O/c1-11(2)18-15(21)8-10-20-13-6-4-5-12(3)16(13)19-14(20)7-9-17/h4-6,11H,7-10H2,1-3H3,(H,18,21). The van der Waals surface area contributed by atoms with Gasteiger partial charge < -0.3 is 9.88 Å². The van der Waals surface area contributed by atoms with Gasteiger partial charge in [0.05, 0.1) is 11.0 Å². The Morgan fingerprint density at radius 3 is 2.86 bits per heavy atom. The largest absolute Gasteiger partial charge is 0.354 e. The maximum Gasteiger partial charge on any atom is 0.221 e. The van der Waals surface area contributed by atoms with E-state index in [1.165, 1.54) is 0 Å². The molecule has 0 saturated heterocycles. The fourth-order valence-corrected chi connectivity index (χ4v) is 2.64. The SMILES string of the molecule is Cc1cccc2c1nc(CCCl)n2CCC(=O)NC(C)C. The van der Waals surface area contributed by atoms with Crippen molar-refractivity contribution in [1.29, 1.82) is 0 Å². The molecule has 1 aromatic carbocycles. The number of aromatic nitrogens is 2. The number of nitrogens with zero attached hydrogens (tertiary/aromatic N) is 2. The fourth-order valence-electron chi connectivity index (χ4n) is 2.47. The van der Waals surface area contributed by atoms with Gasteiger partial charge in [-0.3, -0.25) is 4.79 Å². The Bertz CT molecular complexity index is 634. The number of imidazole rings is 1. The van der Waals surface area contributed by atoms with Gasteiger partial charge in [-0.05, 0) is 32.4 Å². The quantitative estimate of drug-likeness (QED) is 0.834. The molecule has 1 N–H and O–H groups in total. The van der Waals surface area contributed by atoms with E-state index in [0.717, 1.165) is 22.4 Å². The molecule has 0 unspecified atom stereocenters. The lowest BCUT2D eigenvalue weighted by molar-refractivity contribution is -0.121. The Labute approximate surface area is 130 Å². The first-order valence-electron chi connectivity index (χ1n) is 7.33. The molecule has 1 heterocycles. The van der Waals surface area contributed by atoms with Crippen LogP contribution in [0.3, 0.4) is 0 Å². The topological polar surface area (TPSA) is 46.9 Å². The third-order valence-corrected chi connectivity index (χ3v) is 3.58. The van der Waals surface area contributed by atoms with E-state index in [0.29, 0.717) is 25.3 Å². The van der Waals surface area contributed by atoms with E-state index in [2.05, 4.69) is 27.9 Å². The molecule has 4 nitrogen and oxygen atoms in total. The van der Waals surface area contributed by atoms with Crippen molar-refractivity contribution in [1.82, 2.24) is 14.9 Å². The number of hydrogen-bond donors (Lipinski definition) is 1. The van der Waals surface area contributed by atoms with E-state index >= 15 is 0 Å². The summed E-state index contributed by atoms with van der Waals surface area (Å²) in [6, 6.07) is 6.29. The smallest absolute Gasteiger partial charge is 0.221 e. The number of carbonyl (C=O) groups is 1. The molecule has 21 heavy (non-hydrogen) atoms. The average molecular weight is 308 g/mol. The molecule has 2 aromatic rings. The van der Waals surface area contributed by atoms with Crippen LogP contribution in [0.4, 0.5) is 0 Å². The molecule has 0 fully saturated rings. The second-order valence-corrected chi connectivity index (χ2v) is 5.91. The number of benzene rings is 1. The van der Waals surface area contributed by atoms with Crippen LogP contribution in [0, 0.1) is 6.92 Å². The second kappa shape index (κ2) is 6.94.